The van der Waals surface area contributed by atoms with Gasteiger partial charge in [-0.3, -0.25) is 4.79 Å². The molecule has 0 atom stereocenters. The van der Waals surface area contributed by atoms with Crippen LogP contribution in [0.3, 0.4) is 0 Å². The van der Waals surface area contributed by atoms with Gasteiger partial charge in [0.2, 0.25) is 0 Å². The zero-order chi connectivity index (χ0) is 17.0. The highest BCUT2D eigenvalue weighted by molar-refractivity contribution is 5.99. The van der Waals surface area contributed by atoms with Crippen LogP contribution in [0.1, 0.15) is 24.2 Å². The van der Waals surface area contributed by atoms with Gasteiger partial charge < -0.3 is 25.6 Å². The molecule has 1 fully saturated rings. The zero-order valence-corrected chi connectivity index (χ0v) is 14.6. The van der Waals surface area contributed by atoms with Crippen molar-refractivity contribution in [2.24, 2.45) is 5.73 Å². The van der Waals surface area contributed by atoms with Crippen LogP contribution in [0.5, 0.6) is 0 Å². The van der Waals surface area contributed by atoms with Gasteiger partial charge in [-0.2, -0.15) is 0 Å². The summed E-state index contributed by atoms with van der Waals surface area (Å²) in [6, 6.07) is 5.80. The summed E-state index contributed by atoms with van der Waals surface area (Å²) in [4.78, 5) is 16.4. The molecule has 0 saturated carbocycles. The first kappa shape index (κ1) is 17.6. The lowest BCUT2D eigenvalue weighted by molar-refractivity contribution is 0.100. The fourth-order valence-electron chi connectivity index (χ4n) is 2.87. The number of nitrogens with two attached hydrogens (primary N) is 1. The maximum atomic E-state index is 11.7. The number of anilines is 2. The second-order valence-electron chi connectivity index (χ2n) is 6.83. The highest BCUT2D eigenvalue weighted by atomic mass is 16.5. The SMILES string of the molecule is COCC(C)(C)Nc1cc(N2CCN(C)CC2)ccc1C(N)=O. The van der Waals surface area contributed by atoms with Crippen molar-refractivity contribution >= 4 is 17.3 Å². The van der Waals surface area contributed by atoms with E-state index in [9.17, 15) is 4.79 Å². The van der Waals surface area contributed by atoms with Crippen LogP contribution >= 0.6 is 0 Å². The lowest BCUT2D eigenvalue weighted by Crippen LogP contribution is -2.44. The second kappa shape index (κ2) is 7.19. The third-order valence-electron chi connectivity index (χ3n) is 4.12. The maximum Gasteiger partial charge on any atom is 0.250 e. The number of piperazine rings is 1. The summed E-state index contributed by atoms with van der Waals surface area (Å²) in [5, 5.41) is 3.39. The van der Waals surface area contributed by atoms with Gasteiger partial charge in [0.1, 0.15) is 0 Å². The zero-order valence-electron chi connectivity index (χ0n) is 14.6. The fraction of sp³-hybridized carbons (Fsp3) is 0.588. The van der Waals surface area contributed by atoms with Gasteiger partial charge in [0.15, 0.2) is 0 Å². The molecule has 0 radical (unpaired) electrons. The van der Waals surface area contributed by atoms with Crippen LogP contribution in [-0.2, 0) is 4.74 Å². The van der Waals surface area contributed by atoms with E-state index in [0.29, 0.717) is 12.2 Å². The van der Waals surface area contributed by atoms with E-state index in [1.165, 1.54) is 0 Å². The van der Waals surface area contributed by atoms with Crippen molar-refractivity contribution in [2.75, 3.05) is 57.2 Å². The Morgan fingerprint density at radius 1 is 1.30 bits per heavy atom. The van der Waals surface area contributed by atoms with E-state index < -0.39 is 5.91 Å². The molecule has 23 heavy (non-hydrogen) atoms. The van der Waals surface area contributed by atoms with Crippen molar-refractivity contribution in [3.05, 3.63) is 23.8 Å². The molecule has 6 heteroatoms. The number of rotatable bonds is 6. The molecule has 1 amide bonds. The van der Waals surface area contributed by atoms with E-state index in [4.69, 9.17) is 10.5 Å². The first-order valence-corrected chi connectivity index (χ1v) is 7.97. The Balaban J connectivity index is 2.26. The first-order chi connectivity index (χ1) is 10.8. The average molecular weight is 320 g/mol. The molecule has 1 saturated heterocycles. The van der Waals surface area contributed by atoms with E-state index in [1.807, 2.05) is 26.0 Å². The van der Waals surface area contributed by atoms with Gasteiger partial charge in [0.25, 0.3) is 5.91 Å². The summed E-state index contributed by atoms with van der Waals surface area (Å²) in [5.41, 5.74) is 7.61. The normalized spacial score (nSPS) is 16.4. The van der Waals surface area contributed by atoms with Gasteiger partial charge in [-0.1, -0.05) is 0 Å². The molecule has 0 spiro atoms. The number of methoxy groups -OCH3 is 1. The minimum Gasteiger partial charge on any atom is -0.382 e. The van der Waals surface area contributed by atoms with Crippen molar-refractivity contribution < 1.29 is 9.53 Å². The van der Waals surface area contributed by atoms with Crippen molar-refractivity contribution in [1.29, 1.82) is 0 Å². The van der Waals surface area contributed by atoms with Crippen molar-refractivity contribution in [3.8, 4) is 0 Å². The van der Waals surface area contributed by atoms with Crippen LogP contribution in [0.4, 0.5) is 11.4 Å². The average Bonchev–Trinajstić information content (AvgIpc) is 2.47. The molecule has 3 N–H and O–H groups in total. The van der Waals surface area contributed by atoms with Gasteiger partial charge in [0.05, 0.1) is 17.7 Å². The Hall–Kier alpha value is -1.79. The van der Waals surface area contributed by atoms with E-state index in [0.717, 1.165) is 37.6 Å². The number of primary amides is 1. The Morgan fingerprint density at radius 2 is 1.96 bits per heavy atom. The van der Waals surface area contributed by atoms with Gasteiger partial charge in [-0.25, -0.2) is 0 Å². The fourth-order valence-corrected chi connectivity index (χ4v) is 2.87. The Kier molecular flexibility index (Phi) is 5.49. The summed E-state index contributed by atoms with van der Waals surface area (Å²) in [5.74, 6) is -0.425. The molecule has 1 aromatic rings. The first-order valence-electron chi connectivity index (χ1n) is 7.97. The third-order valence-corrected chi connectivity index (χ3v) is 4.12. The molecule has 2 rings (SSSR count). The molecular weight excluding hydrogens is 292 g/mol. The lowest BCUT2D eigenvalue weighted by atomic mass is 10.0. The summed E-state index contributed by atoms with van der Waals surface area (Å²) in [6.45, 7) is 8.63. The lowest BCUT2D eigenvalue weighted by Gasteiger charge is -2.35. The van der Waals surface area contributed by atoms with Crippen LogP contribution in [-0.4, -0.2) is 63.3 Å². The molecular formula is C17H28N4O2. The predicted molar refractivity (Wildman–Crippen MR) is 94.2 cm³/mol. The number of carbonyl (C=O) groups excluding carboxylic acids is 1. The largest absolute Gasteiger partial charge is 0.382 e. The molecule has 0 unspecified atom stereocenters. The van der Waals surface area contributed by atoms with Crippen LogP contribution in [0.2, 0.25) is 0 Å². The van der Waals surface area contributed by atoms with Gasteiger partial charge in [-0.05, 0) is 39.1 Å². The number of ether oxygens (including phenoxy) is 1. The van der Waals surface area contributed by atoms with Gasteiger partial charge >= 0.3 is 0 Å². The summed E-state index contributed by atoms with van der Waals surface area (Å²) < 4.78 is 5.24. The molecule has 1 aliphatic heterocycles. The quantitative estimate of drug-likeness (QED) is 0.828. The van der Waals surface area contributed by atoms with E-state index in [1.54, 1.807) is 13.2 Å². The van der Waals surface area contributed by atoms with Crippen molar-refractivity contribution in [3.63, 3.8) is 0 Å². The van der Waals surface area contributed by atoms with Crippen LogP contribution < -0.4 is 16.0 Å². The molecule has 0 aromatic heterocycles. The molecule has 0 aliphatic carbocycles. The van der Waals surface area contributed by atoms with Crippen LogP contribution in [0, 0.1) is 0 Å². The Bertz CT molecular complexity index is 552. The summed E-state index contributed by atoms with van der Waals surface area (Å²) in [6.07, 6.45) is 0. The second-order valence-corrected chi connectivity index (χ2v) is 6.83. The molecule has 0 bridgehead atoms. The molecule has 1 aromatic carbocycles. The van der Waals surface area contributed by atoms with E-state index in [-0.39, 0.29) is 5.54 Å². The molecule has 128 valence electrons. The van der Waals surface area contributed by atoms with Gasteiger partial charge in [-0.15, -0.1) is 0 Å². The Morgan fingerprint density at radius 3 is 2.52 bits per heavy atom. The maximum absolute atomic E-state index is 11.7. The number of hydrogen-bond donors (Lipinski definition) is 2. The minimum absolute atomic E-state index is 0.292. The highest BCUT2D eigenvalue weighted by Gasteiger charge is 2.22. The molecule has 6 nitrogen and oxygen atoms in total. The number of nitrogens with one attached hydrogen (secondary N) is 1. The smallest absolute Gasteiger partial charge is 0.250 e. The predicted octanol–water partition coefficient (Wildman–Crippen LogP) is 1.37. The topological polar surface area (TPSA) is 70.8 Å². The van der Waals surface area contributed by atoms with Gasteiger partial charge in [0, 0.05) is 44.7 Å². The minimum atomic E-state index is -0.425. The number of benzene rings is 1. The standard InChI is InChI=1S/C17H28N4O2/c1-17(2,12-23-4)19-15-11-13(5-6-14(15)16(18)22)21-9-7-20(3)8-10-21/h5-6,11,19H,7-10,12H2,1-4H3,(H2,18,22). The summed E-state index contributed by atoms with van der Waals surface area (Å²) >= 11 is 0. The molecule has 1 heterocycles. The molecule has 1 aliphatic rings. The number of carbonyl (C=O) groups is 1. The number of likely N-dealkylation sites (N-methyl/N-ethyl adjacent to an activating group) is 1. The van der Waals surface area contributed by atoms with Crippen molar-refractivity contribution in [2.45, 2.75) is 19.4 Å². The number of amides is 1. The van der Waals surface area contributed by atoms with Crippen molar-refractivity contribution in [1.82, 2.24) is 4.90 Å². The monoisotopic (exact) mass is 320 g/mol. The van der Waals surface area contributed by atoms with Crippen LogP contribution in [0.15, 0.2) is 18.2 Å². The highest BCUT2D eigenvalue weighted by Crippen LogP contribution is 2.27. The Labute approximate surface area is 138 Å². The number of nitrogens with zero attached hydrogens (tertiary/aromatic N) is 2. The van der Waals surface area contributed by atoms with E-state index in [2.05, 4.69) is 22.2 Å². The third kappa shape index (κ3) is 4.59. The van der Waals surface area contributed by atoms with Crippen LogP contribution in [0.25, 0.3) is 0 Å². The summed E-state index contributed by atoms with van der Waals surface area (Å²) in [7, 11) is 3.80. The number of hydrogen-bond acceptors (Lipinski definition) is 5. The van der Waals surface area contributed by atoms with E-state index >= 15 is 0 Å².